The molecule has 1 aromatic carbocycles. The molecule has 1 aromatic heterocycles. The molecule has 2 rings (SSSR count). The summed E-state index contributed by atoms with van der Waals surface area (Å²) in [6, 6.07) is 4.94. The van der Waals surface area contributed by atoms with Crippen molar-refractivity contribution in [2.24, 2.45) is 0 Å². The van der Waals surface area contributed by atoms with Crippen molar-refractivity contribution in [2.45, 2.75) is 24.0 Å². The van der Waals surface area contributed by atoms with Gasteiger partial charge in [0.05, 0.1) is 17.7 Å². The summed E-state index contributed by atoms with van der Waals surface area (Å²) < 4.78 is 50.9. The summed E-state index contributed by atoms with van der Waals surface area (Å²) in [7, 11) is 2.93. The van der Waals surface area contributed by atoms with Crippen molar-refractivity contribution < 1.29 is 22.6 Å². The van der Waals surface area contributed by atoms with Crippen LogP contribution in [0.4, 0.5) is 13.2 Å². The van der Waals surface area contributed by atoms with Crippen molar-refractivity contribution in [2.75, 3.05) is 20.0 Å². The van der Waals surface area contributed by atoms with Crippen LogP contribution in [0.3, 0.4) is 0 Å². The van der Waals surface area contributed by atoms with Gasteiger partial charge in [-0.2, -0.15) is 13.2 Å². The Kier molecular flexibility index (Phi) is 6.47. The maximum atomic E-state index is 13.0. The Hall–Kier alpha value is -2.02. The number of hydrogen-bond donors (Lipinski definition) is 0. The molecule has 2 aromatic rings. The maximum Gasteiger partial charge on any atom is 0.416 e. The van der Waals surface area contributed by atoms with Crippen molar-refractivity contribution >= 4 is 11.8 Å². The van der Waals surface area contributed by atoms with Gasteiger partial charge in [0.1, 0.15) is 5.82 Å². The summed E-state index contributed by atoms with van der Waals surface area (Å²) in [6.07, 6.45) is 0.431. The molecule has 0 aliphatic carbocycles. The number of ether oxygens (including phenoxy) is 2. The van der Waals surface area contributed by atoms with Gasteiger partial charge in [-0.3, -0.25) is 4.57 Å². The first-order valence-electron chi connectivity index (χ1n) is 7.14. The number of benzene rings is 1. The summed E-state index contributed by atoms with van der Waals surface area (Å²) in [5.74, 6) is 3.18. The first-order valence-corrected chi connectivity index (χ1v) is 8.13. The third kappa shape index (κ3) is 4.75. The fourth-order valence-electron chi connectivity index (χ4n) is 2.12. The molecule has 0 bridgehead atoms. The number of aromatic nitrogens is 3. The lowest BCUT2D eigenvalue weighted by atomic mass is 10.2. The van der Waals surface area contributed by atoms with Gasteiger partial charge in [0.2, 0.25) is 0 Å². The monoisotopic (exact) mass is 371 g/mol. The van der Waals surface area contributed by atoms with Gasteiger partial charge in [0, 0.05) is 19.9 Å². The van der Waals surface area contributed by atoms with E-state index in [9.17, 15) is 13.2 Å². The fourth-order valence-corrected chi connectivity index (χ4v) is 2.78. The van der Waals surface area contributed by atoms with Crippen LogP contribution >= 0.6 is 11.8 Å². The summed E-state index contributed by atoms with van der Waals surface area (Å²) >= 11 is 1.21. The number of methoxy groups -OCH3 is 2. The smallest absolute Gasteiger partial charge is 0.355 e. The van der Waals surface area contributed by atoms with E-state index in [1.54, 1.807) is 6.07 Å². The predicted octanol–water partition coefficient (Wildman–Crippen LogP) is 3.17. The molecule has 0 N–H and O–H groups in total. The summed E-state index contributed by atoms with van der Waals surface area (Å²) in [6.45, 7) is 0. The molecule has 134 valence electrons. The van der Waals surface area contributed by atoms with Gasteiger partial charge in [-0.15, -0.1) is 16.6 Å². The summed E-state index contributed by atoms with van der Waals surface area (Å²) in [5, 5.41) is 8.49. The largest absolute Gasteiger partial charge is 0.416 e. The number of alkyl halides is 3. The molecule has 0 spiro atoms. The van der Waals surface area contributed by atoms with E-state index in [-0.39, 0.29) is 6.42 Å². The third-order valence-electron chi connectivity index (χ3n) is 3.29. The third-order valence-corrected chi connectivity index (χ3v) is 4.13. The van der Waals surface area contributed by atoms with Crippen LogP contribution in [0.25, 0.3) is 5.69 Å². The lowest BCUT2D eigenvalue weighted by Gasteiger charge is -2.15. The van der Waals surface area contributed by atoms with Crippen molar-refractivity contribution in [1.29, 1.82) is 0 Å². The van der Waals surface area contributed by atoms with Crippen LogP contribution in [0.15, 0.2) is 29.4 Å². The van der Waals surface area contributed by atoms with Gasteiger partial charge in [-0.05, 0) is 18.2 Å². The number of hydrogen-bond acceptors (Lipinski definition) is 5. The minimum absolute atomic E-state index is 0.215. The zero-order valence-electron chi connectivity index (χ0n) is 13.6. The zero-order chi connectivity index (χ0) is 18.4. The number of rotatable bonds is 7. The van der Waals surface area contributed by atoms with Gasteiger partial charge in [0.25, 0.3) is 0 Å². The molecule has 9 heteroatoms. The second-order valence-electron chi connectivity index (χ2n) is 4.88. The second-order valence-corrected chi connectivity index (χ2v) is 5.82. The number of nitrogens with zero attached hydrogens (tertiary/aromatic N) is 3. The van der Waals surface area contributed by atoms with Crippen LogP contribution in [0.2, 0.25) is 0 Å². The van der Waals surface area contributed by atoms with Gasteiger partial charge in [-0.1, -0.05) is 23.7 Å². The van der Waals surface area contributed by atoms with Crippen molar-refractivity contribution in [3.05, 3.63) is 35.7 Å². The molecule has 0 radical (unpaired) electrons. The Bertz CT molecular complexity index is 752. The number of halogens is 3. The first-order chi connectivity index (χ1) is 11.9. The van der Waals surface area contributed by atoms with Gasteiger partial charge < -0.3 is 9.47 Å². The average Bonchev–Trinajstić information content (AvgIpc) is 2.99. The predicted molar refractivity (Wildman–Crippen MR) is 87.4 cm³/mol. The number of terminal acetylenes is 1. The SMILES string of the molecule is C#CCSc1nnc(CC(OC)OC)n1-c1cccc(C(F)(F)F)c1. The Labute approximate surface area is 147 Å². The minimum Gasteiger partial charge on any atom is -0.355 e. The van der Waals surface area contributed by atoms with Crippen LogP contribution in [-0.4, -0.2) is 41.0 Å². The lowest BCUT2D eigenvalue weighted by Crippen LogP contribution is -2.19. The maximum absolute atomic E-state index is 13.0. The Morgan fingerprint density at radius 1 is 1.28 bits per heavy atom. The molecule has 0 saturated carbocycles. The zero-order valence-corrected chi connectivity index (χ0v) is 14.4. The van der Waals surface area contributed by atoms with E-state index in [1.165, 1.54) is 36.6 Å². The van der Waals surface area contributed by atoms with Gasteiger partial charge >= 0.3 is 6.18 Å². The highest BCUT2D eigenvalue weighted by Gasteiger charge is 2.31. The van der Waals surface area contributed by atoms with Crippen LogP contribution < -0.4 is 0 Å². The van der Waals surface area contributed by atoms with E-state index >= 15 is 0 Å². The van der Waals surface area contributed by atoms with Gasteiger partial charge in [-0.25, -0.2) is 0 Å². The van der Waals surface area contributed by atoms with Crippen molar-refractivity contribution in [1.82, 2.24) is 14.8 Å². The molecule has 0 unspecified atom stereocenters. The Morgan fingerprint density at radius 3 is 2.60 bits per heavy atom. The van der Waals surface area contributed by atoms with E-state index in [0.29, 0.717) is 22.4 Å². The highest BCUT2D eigenvalue weighted by atomic mass is 32.2. The molecule has 5 nitrogen and oxygen atoms in total. The molecule has 25 heavy (non-hydrogen) atoms. The average molecular weight is 371 g/mol. The fraction of sp³-hybridized carbons (Fsp3) is 0.375. The molecule has 1 heterocycles. The quantitative estimate of drug-likeness (QED) is 0.425. The molecule has 0 atom stereocenters. The normalized spacial score (nSPS) is 11.7. The van der Waals surface area contributed by atoms with Crippen molar-refractivity contribution in [3.63, 3.8) is 0 Å². The lowest BCUT2D eigenvalue weighted by molar-refractivity contribution is -0.137. The number of thioether (sulfide) groups is 1. The van der Waals surface area contributed by atoms with Crippen LogP contribution in [0.1, 0.15) is 11.4 Å². The Morgan fingerprint density at radius 2 is 2.00 bits per heavy atom. The molecular weight excluding hydrogens is 355 g/mol. The highest BCUT2D eigenvalue weighted by molar-refractivity contribution is 7.99. The summed E-state index contributed by atoms with van der Waals surface area (Å²) in [4.78, 5) is 0. The van der Waals surface area contributed by atoms with E-state index in [1.807, 2.05) is 0 Å². The second kappa shape index (κ2) is 8.38. The Balaban J connectivity index is 2.49. The minimum atomic E-state index is -4.45. The van der Waals surface area contributed by atoms with E-state index < -0.39 is 18.0 Å². The van der Waals surface area contributed by atoms with E-state index in [2.05, 4.69) is 16.1 Å². The highest BCUT2D eigenvalue weighted by Crippen LogP contribution is 2.31. The van der Waals surface area contributed by atoms with Crippen LogP contribution in [-0.2, 0) is 22.1 Å². The molecule has 0 saturated heterocycles. The molecule has 0 aliphatic heterocycles. The standard InChI is InChI=1S/C16H16F3N3O2S/c1-4-8-25-15-21-20-13(10-14(23-2)24-3)22(15)12-7-5-6-11(9-12)16(17,18)19/h1,5-7,9,14H,8,10H2,2-3H3. The van der Waals surface area contributed by atoms with Gasteiger partial charge in [0.15, 0.2) is 11.4 Å². The van der Waals surface area contributed by atoms with Crippen LogP contribution in [0, 0.1) is 12.3 Å². The van der Waals surface area contributed by atoms with Crippen molar-refractivity contribution in [3.8, 4) is 18.0 Å². The first kappa shape index (κ1) is 19.3. The topological polar surface area (TPSA) is 49.2 Å². The molecule has 0 amide bonds. The van der Waals surface area contributed by atoms with Crippen LogP contribution in [0.5, 0.6) is 0 Å². The summed E-state index contributed by atoms with van der Waals surface area (Å²) in [5.41, 5.74) is -0.465. The van der Waals surface area contributed by atoms with E-state index in [4.69, 9.17) is 15.9 Å². The molecule has 0 aliphatic rings. The molecular formula is C16H16F3N3O2S. The van der Waals surface area contributed by atoms with E-state index in [0.717, 1.165) is 12.1 Å². The molecule has 0 fully saturated rings.